The Bertz CT molecular complexity index is 988. The second-order valence-electron chi connectivity index (χ2n) is 6.44. The van der Waals surface area contributed by atoms with Gasteiger partial charge < -0.3 is 15.0 Å². The predicted molar refractivity (Wildman–Crippen MR) is 112 cm³/mol. The van der Waals surface area contributed by atoms with Crippen LogP contribution in [0.4, 0.5) is 23.1 Å². The highest BCUT2D eigenvalue weighted by atomic mass is 16.5. The van der Waals surface area contributed by atoms with E-state index in [0.29, 0.717) is 17.2 Å². The molecule has 0 spiro atoms. The molecule has 6 heteroatoms. The van der Waals surface area contributed by atoms with Crippen molar-refractivity contribution < 1.29 is 9.53 Å². The van der Waals surface area contributed by atoms with Gasteiger partial charge in [0.25, 0.3) is 0 Å². The van der Waals surface area contributed by atoms with Crippen LogP contribution in [-0.4, -0.2) is 29.6 Å². The van der Waals surface area contributed by atoms with E-state index in [1.165, 1.54) is 12.7 Å². The molecule has 2 aromatic carbocycles. The van der Waals surface area contributed by atoms with Crippen LogP contribution in [0.15, 0.2) is 54.6 Å². The Hall–Kier alpha value is -3.41. The maximum absolute atomic E-state index is 12.0. The number of benzene rings is 2. The molecule has 0 radical (unpaired) electrons. The number of hydrogen-bond acceptors (Lipinski definition) is 6. The second-order valence-corrected chi connectivity index (χ2v) is 6.44. The summed E-state index contributed by atoms with van der Waals surface area (Å²) in [7, 11) is 1.36. The number of carbonyl (C=O) groups excluding carboxylic acids is 1. The summed E-state index contributed by atoms with van der Waals surface area (Å²) < 4.78 is 4.86. The first-order valence-corrected chi connectivity index (χ1v) is 9.16. The summed E-state index contributed by atoms with van der Waals surface area (Å²) in [5.74, 6) is 0.807. The van der Waals surface area contributed by atoms with Crippen LogP contribution in [0.5, 0.6) is 0 Å². The van der Waals surface area contributed by atoms with Crippen molar-refractivity contribution in [1.82, 2.24) is 9.97 Å². The Labute approximate surface area is 165 Å². The van der Waals surface area contributed by atoms with Crippen molar-refractivity contribution in [3.63, 3.8) is 0 Å². The molecule has 1 aromatic heterocycles. The molecule has 6 nitrogen and oxygen atoms in total. The maximum Gasteiger partial charge on any atom is 0.339 e. The third kappa shape index (κ3) is 4.28. The first-order valence-electron chi connectivity index (χ1n) is 9.16. The van der Waals surface area contributed by atoms with E-state index in [1.54, 1.807) is 18.2 Å². The first-order chi connectivity index (χ1) is 13.5. The van der Waals surface area contributed by atoms with Crippen LogP contribution in [-0.2, 0) is 4.74 Å². The van der Waals surface area contributed by atoms with Crippen LogP contribution in [0.2, 0.25) is 0 Å². The van der Waals surface area contributed by atoms with Gasteiger partial charge in [-0.2, -0.15) is 4.98 Å². The zero-order valence-electron chi connectivity index (χ0n) is 16.6. The van der Waals surface area contributed by atoms with E-state index in [9.17, 15) is 4.79 Å². The van der Waals surface area contributed by atoms with Crippen molar-refractivity contribution in [3.05, 3.63) is 71.4 Å². The summed E-state index contributed by atoms with van der Waals surface area (Å²) in [6.45, 7) is 6.84. The SMILES string of the molecule is CCN(c1cccc(C)c1)c1cc(C)nc(Nc2ccccc2C(=O)OC)n1. The maximum atomic E-state index is 12.0. The van der Waals surface area contributed by atoms with Crippen LogP contribution in [0.25, 0.3) is 0 Å². The molecular formula is C22H24N4O2. The van der Waals surface area contributed by atoms with Crippen LogP contribution in [0, 0.1) is 13.8 Å². The molecule has 0 unspecified atom stereocenters. The molecule has 3 aromatic rings. The average molecular weight is 376 g/mol. The predicted octanol–water partition coefficient (Wildman–Crippen LogP) is 4.78. The van der Waals surface area contributed by atoms with E-state index in [4.69, 9.17) is 4.74 Å². The molecular weight excluding hydrogens is 352 g/mol. The highest BCUT2D eigenvalue weighted by molar-refractivity contribution is 5.96. The van der Waals surface area contributed by atoms with Crippen molar-refractivity contribution >= 4 is 29.1 Å². The van der Waals surface area contributed by atoms with E-state index < -0.39 is 5.97 Å². The van der Waals surface area contributed by atoms with E-state index in [1.807, 2.05) is 25.1 Å². The van der Waals surface area contributed by atoms with E-state index in [0.717, 1.165) is 23.7 Å². The summed E-state index contributed by atoms with van der Waals surface area (Å²) in [6.07, 6.45) is 0. The minimum absolute atomic E-state index is 0.411. The molecule has 0 saturated carbocycles. The van der Waals surface area contributed by atoms with Crippen LogP contribution in [0.1, 0.15) is 28.5 Å². The lowest BCUT2D eigenvalue weighted by Gasteiger charge is -2.23. The van der Waals surface area contributed by atoms with Gasteiger partial charge >= 0.3 is 5.97 Å². The first kappa shape index (κ1) is 19.4. The van der Waals surface area contributed by atoms with Crippen LogP contribution in [0.3, 0.4) is 0 Å². The largest absolute Gasteiger partial charge is 0.465 e. The molecule has 0 fully saturated rings. The minimum atomic E-state index is -0.411. The number of esters is 1. The van der Waals surface area contributed by atoms with Crippen LogP contribution < -0.4 is 10.2 Å². The van der Waals surface area contributed by atoms with Gasteiger partial charge in [-0.3, -0.25) is 0 Å². The standard InChI is InChI=1S/C22H24N4O2/c1-5-26(17-10-8-9-15(2)13-17)20-14-16(3)23-22(25-20)24-19-12-7-6-11-18(19)21(27)28-4/h6-14H,5H2,1-4H3,(H,23,24,25). The Morgan fingerprint density at radius 3 is 2.57 bits per heavy atom. The number of anilines is 4. The highest BCUT2D eigenvalue weighted by Gasteiger charge is 2.15. The lowest BCUT2D eigenvalue weighted by molar-refractivity contribution is 0.0602. The Kier molecular flexibility index (Phi) is 5.89. The summed E-state index contributed by atoms with van der Waals surface area (Å²) in [4.78, 5) is 23.3. The van der Waals surface area contributed by atoms with Crippen molar-refractivity contribution in [3.8, 4) is 0 Å². The van der Waals surface area contributed by atoms with Crippen molar-refractivity contribution in [1.29, 1.82) is 0 Å². The number of para-hydroxylation sites is 1. The smallest absolute Gasteiger partial charge is 0.339 e. The summed E-state index contributed by atoms with van der Waals surface area (Å²) in [6, 6.07) is 17.4. The number of rotatable bonds is 6. The zero-order chi connectivity index (χ0) is 20.1. The van der Waals surface area contributed by atoms with E-state index in [2.05, 4.69) is 52.2 Å². The molecule has 1 heterocycles. The summed E-state index contributed by atoms with van der Waals surface area (Å²) in [5, 5.41) is 3.16. The molecule has 0 aliphatic rings. The quantitative estimate of drug-likeness (QED) is 0.625. The van der Waals surface area contributed by atoms with Crippen molar-refractivity contribution in [2.45, 2.75) is 20.8 Å². The normalized spacial score (nSPS) is 10.4. The van der Waals surface area contributed by atoms with Gasteiger partial charge in [-0.25, -0.2) is 9.78 Å². The van der Waals surface area contributed by atoms with Gasteiger partial charge in [0, 0.05) is 24.0 Å². The third-order valence-electron chi connectivity index (χ3n) is 4.33. The summed E-state index contributed by atoms with van der Waals surface area (Å²) >= 11 is 0. The molecule has 0 saturated heterocycles. The summed E-state index contributed by atoms with van der Waals surface area (Å²) in [5.41, 5.74) is 4.12. The number of hydrogen-bond donors (Lipinski definition) is 1. The van der Waals surface area contributed by atoms with Crippen LogP contribution >= 0.6 is 0 Å². The fourth-order valence-electron chi connectivity index (χ4n) is 3.02. The van der Waals surface area contributed by atoms with Gasteiger partial charge in [-0.1, -0.05) is 24.3 Å². The van der Waals surface area contributed by atoms with Gasteiger partial charge in [0.2, 0.25) is 5.95 Å². The molecule has 28 heavy (non-hydrogen) atoms. The molecule has 0 aliphatic carbocycles. The van der Waals surface area contributed by atoms with Gasteiger partial charge in [-0.05, 0) is 50.6 Å². The number of methoxy groups -OCH3 is 1. The number of nitrogens with zero attached hydrogens (tertiary/aromatic N) is 3. The number of ether oxygens (including phenoxy) is 1. The fraction of sp³-hybridized carbons (Fsp3) is 0.227. The fourth-order valence-corrected chi connectivity index (χ4v) is 3.02. The molecule has 3 rings (SSSR count). The van der Waals surface area contributed by atoms with Gasteiger partial charge in [0.1, 0.15) is 5.82 Å². The van der Waals surface area contributed by atoms with Gasteiger partial charge in [-0.15, -0.1) is 0 Å². The van der Waals surface area contributed by atoms with E-state index >= 15 is 0 Å². The number of aromatic nitrogens is 2. The lowest BCUT2D eigenvalue weighted by Crippen LogP contribution is -2.18. The molecule has 144 valence electrons. The van der Waals surface area contributed by atoms with Crippen molar-refractivity contribution in [2.24, 2.45) is 0 Å². The van der Waals surface area contributed by atoms with Gasteiger partial charge in [0.05, 0.1) is 18.4 Å². The average Bonchev–Trinajstić information content (AvgIpc) is 2.68. The molecule has 0 bridgehead atoms. The molecule has 0 aliphatic heterocycles. The Morgan fingerprint density at radius 1 is 1.07 bits per heavy atom. The topological polar surface area (TPSA) is 67.4 Å². The minimum Gasteiger partial charge on any atom is -0.465 e. The van der Waals surface area contributed by atoms with Crippen molar-refractivity contribution in [2.75, 3.05) is 23.9 Å². The molecule has 0 atom stereocenters. The Morgan fingerprint density at radius 2 is 1.86 bits per heavy atom. The third-order valence-corrected chi connectivity index (χ3v) is 4.33. The van der Waals surface area contributed by atoms with E-state index in [-0.39, 0.29) is 0 Å². The molecule has 0 amide bonds. The molecule has 1 N–H and O–H groups in total. The second kappa shape index (κ2) is 8.52. The Balaban J connectivity index is 1.97. The highest BCUT2D eigenvalue weighted by Crippen LogP contribution is 2.27. The number of aryl methyl sites for hydroxylation is 2. The monoisotopic (exact) mass is 376 g/mol. The lowest BCUT2D eigenvalue weighted by atomic mass is 10.2. The zero-order valence-corrected chi connectivity index (χ0v) is 16.6. The number of carbonyl (C=O) groups is 1. The number of nitrogens with one attached hydrogen (secondary N) is 1. The van der Waals surface area contributed by atoms with Gasteiger partial charge in [0.15, 0.2) is 0 Å².